The number of nitrogens with zero attached hydrogens (tertiary/aromatic N) is 1. The topological polar surface area (TPSA) is 20.3 Å². The van der Waals surface area contributed by atoms with Crippen LogP contribution >= 0.6 is 11.6 Å². The molecule has 7 heteroatoms. The van der Waals surface area contributed by atoms with Crippen molar-refractivity contribution in [1.82, 2.24) is 4.90 Å². The molecule has 0 spiro atoms. The lowest BCUT2D eigenvalue weighted by Gasteiger charge is -2.26. The molecular weight excluding hydrogens is 298 g/mol. The van der Waals surface area contributed by atoms with Crippen molar-refractivity contribution in [1.29, 1.82) is 0 Å². The Hall–Kier alpha value is -1.30. The van der Waals surface area contributed by atoms with Crippen LogP contribution in [0.4, 0.5) is 17.6 Å². The first-order valence-electron chi connectivity index (χ1n) is 5.92. The van der Waals surface area contributed by atoms with Crippen molar-refractivity contribution in [3.63, 3.8) is 0 Å². The van der Waals surface area contributed by atoms with Crippen LogP contribution in [-0.2, 0) is 6.18 Å². The van der Waals surface area contributed by atoms with E-state index in [-0.39, 0.29) is 18.5 Å². The molecule has 0 aromatic heterocycles. The molecule has 0 aliphatic rings. The van der Waals surface area contributed by atoms with Gasteiger partial charge in [-0.1, -0.05) is 0 Å². The van der Waals surface area contributed by atoms with Crippen LogP contribution in [0.2, 0.25) is 0 Å². The maximum absolute atomic E-state index is 13.6. The molecule has 0 heterocycles. The summed E-state index contributed by atoms with van der Waals surface area (Å²) in [5.74, 6) is -1.67. The molecule has 1 aromatic rings. The Morgan fingerprint density at radius 3 is 2.40 bits per heavy atom. The van der Waals surface area contributed by atoms with E-state index in [2.05, 4.69) is 0 Å². The summed E-state index contributed by atoms with van der Waals surface area (Å²) in [6.07, 6.45) is -4.63. The summed E-state index contributed by atoms with van der Waals surface area (Å²) in [6.45, 7) is 3.49. The van der Waals surface area contributed by atoms with Gasteiger partial charge in [0.05, 0.1) is 11.1 Å². The molecule has 0 atom stereocenters. The van der Waals surface area contributed by atoms with Crippen LogP contribution in [-0.4, -0.2) is 29.3 Å². The largest absolute Gasteiger partial charge is 0.416 e. The van der Waals surface area contributed by atoms with E-state index in [1.54, 1.807) is 13.8 Å². The third kappa shape index (κ3) is 3.85. The van der Waals surface area contributed by atoms with Gasteiger partial charge in [-0.3, -0.25) is 4.79 Å². The number of hydrogen-bond acceptors (Lipinski definition) is 1. The van der Waals surface area contributed by atoms with Crippen LogP contribution in [0.5, 0.6) is 0 Å². The summed E-state index contributed by atoms with van der Waals surface area (Å²) in [6, 6.07) is 1.49. The Morgan fingerprint density at radius 2 is 1.95 bits per heavy atom. The second-order valence-corrected chi connectivity index (χ2v) is 4.85. The van der Waals surface area contributed by atoms with Gasteiger partial charge in [0.1, 0.15) is 5.82 Å². The fourth-order valence-corrected chi connectivity index (χ4v) is 1.89. The Bertz CT molecular complexity index is 488. The Balaban J connectivity index is 3.20. The molecule has 1 amide bonds. The predicted octanol–water partition coefficient (Wildman–Crippen LogP) is 3.93. The van der Waals surface area contributed by atoms with Crippen LogP contribution in [0.25, 0.3) is 0 Å². The predicted molar refractivity (Wildman–Crippen MR) is 68.3 cm³/mol. The van der Waals surface area contributed by atoms with Crippen LogP contribution in [0.1, 0.15) is 29.8 Å². The number of rotatable bonds is 4. The number of alkyl halides is 4. The van der Waals surface area contributed by atoms with Crippen molar-refractivity contribution < 1.29 is 22.4 Å². The Kier molecular flexibility index (Phi) is 5.39. The SMILES string of the molecule is CC(C)N(CCCl)C(=O)c1cc(C(F)(F)F)ccc1F. The molecular formula is C13H14ClF4NO. The molecule has 1 aromatic carbocycles. The minimum Gasteiger partial charge on any atom is -0.335 e. The summed E-state index contributed by atoms with van der Waals surface area (Å²) >= 11 is 5.55. The Morgan fingerprint density at radius 1 is 1.35 bits per heavy atom. The van der Waals surface area contributed by atoms with E-state index in [4.69, 9.17) is 11.6 Å². The monoisotopic (exact) mass is 311 g/mol. The van der Waals surface area contributed by atoms with E-state index in [0.29, 0.717) is 18.2 Å². The first-order chi connectivity index (χ1) is 9.18. The standard InChI is InChI=1S/C13H14ClF4NO/c1-8(2)19(6-5-14)12(20)10-7-9(13(16,17)18)3-4-11(10)15/h3-4,7-8H,5-6H2,1-2H3. The van der Waals surface area contributed by atoms with Gasteiger partial charge in [-0.25, -0.2) is 4.39 Å². The molecule has 0 aliphatic carbocycles. The van der Waals surface area contributed by atoms with E-state index in [1.807, 2.05) is 0 Å². The van der Waals surface area contributed by atoms with Gasteiger partial charge >= 0.3 is 6.18 Å². The second kappa shape index (κ2) is 6.43. The normalized spacial score (nSPS) is 11.8. The van der Waals surface area contributed by atoms with Crippen molar-refractivity contribution >= 4 is 17.5 Å². The highest BCUT2D eigenvalue weighted by atomic mass is 35.5. The van der Waals surface area contributed by atoms with Crippen LogP contribution < -0.4 is 0 Å². The van der Waals surface area contributed by atoms with E-state index >= 15 is 0 Å². The molecule has 0 N–H and O–H groups in total. The van der Waals surface area contributed by atoms with Gasteiger partial charge < -0.3 is 4.90 Å². The molecule has 2 nitrogen and oxygen atoms in total. The average molecular weight is 312 g/mol. The number of carbonyl (C=O) groups is 1. The van der Waals surface area contributed by atoms with Gasteiger partial charge in [0.2, 0.25) is 0 Å². The summed E-state index contributed by atoms with van der Waals surface area (Å²) in [5, 5.41) is 0. The number of benzene rings is 1. The zero-order valence-corrected chi connectivity index (χ0v) is 11.7. The van der Waals surface area contributed by atoms with Gasteiger partial charge in [0.15, 0.2) is 0 Å². The second-order valence-electron chi connectivity index (χ2n) is 4.47. The van der Waals surface area contributed by atoms with Crippen LogP contribution in [0.3, 0.4) is 0 Å². The smallest absolute Gasteiger partial charge is 0.335 e. The maximum atomic E-state index is 13.6. The minimum absolute atomic E-state index is 0.116. The van der Waals surface area contributed by atoms with E-state index in [9.17, 15) is 22.4 Å². The van der Waals surface area contributed by atoms with E-state index in [1.165, 1.54) is 4.90 Å². The first-order valence-corrected chi connectivity index (χ1v) is 6.45. The number of hydrogen-bond donors (Lipinski definition) is 0. The molecule has 0 saturated heterocycles. The molecule has 0 unspecified atom stereocenters. The highest BCUT2D eigenvalue weighted by Crippen LogP contribution is 2.30. The van der Waals surface area contributed by atoms with E-state index < -0.39 is 29.0 Å². The first kappa shape index (κ1) is 16.8. The molecule has 0 saturated carbocycles. The van der Waals surface area contributed by atoms with Crippen LogP contribution in [0.15, 0.2) is 18.2 Å². The fourth-order valence-electron chi connectivity index (χ4n) is 1.71. The maximum Gasteiger partial charge on any atom is 0.416 e. The van der Waals surface area contributed by atoms with Crippen molar-refractivity contribution in [2.24, 2.45) is 0 Å². The zero-order chi connectivity index (χ0) is 15.5. The third-order valence-corrected chi connectivity index (χ3v) is 2.90. The fraction of sp³-hybridized carbons (Fsp3) is 0.462. The van der Waals surface area contributed by atoms with Crippen LogP contribution in [0, 0.1) is 5.82 Å². The van der Waals surface area contributed by atoms with Gasteiger partial charge in [-0.15, -0.1) is 11.6 Å². The lowest BCUT2D eigenvalue weighted by atomic mass is 10.1. The highest BCUT2D eigenvalue weighted by Gasteiger charge is 2.32. The minimum atomic E-state index is -4.63. The molecule has 0 aliphatic heterocycles. The quantitative estimate of drug-likeness (QED) is 0.609. The summed E-state index contributed by atoms with van der Waals surface area (Å²) in [5.41, 5.74) is -1.66. The highest BCUT2D eigenvalue weighted by molar-refractivity contribution is 6.18. The van der Waals surface area contributed by atoms with E-state index in [0.717, 1.165) is 0 Å². The summed E-state index contributed by atoms with van der Waals surface area (Å²) in [7, 11) is 0. The molecule has 112 valence electrons. The lowest BCUT2D eigenvalue weighted by molar-refractivity contribution is -0.137. The zero-order valence-electron chi connectivity index (χ0n) is 11.0. The van der Waals surface area contributed by atoms with Gasteiger partial charge in [-0.05, 0) is 32.0 Å². The Labute approximate surface area is 119 Å². The summed E-state index contributed by atoms with van der Waals surface area (Å²) in [4.78, 5) is 13.4. The third-order valence-electron chi connectivity index (χ3n) is 2.73. The molecule has 1 rings (SSSR count). The molecule has 20 heavy (non-hydrogen) atoms. The lowest BCUT2D eigenvalue weighted by Crippen LogP contribution is -2.38. The molecule has 0 bridgehead atoms. The summed E-state index contributed by atoms with van der Waals surface area (Å²) < 4.78 is 51.4. The average Bonchev–Trinajstić information content (AvgIpc) is 2.34. The van der Waals surface area contributed by atoms with Gasteiger partial charge in [0.25, 0.3) is 5.91 Å². The van der Waals surface area contributed by atoms with Gasteiger partial charge in [0, 0.05) is 18.5 Å². The van der Waals surface area contributed by atoms with Crippen molar-refractivity contribution in [2.75, 3.05) is 12.4 Å². The molecule has 0 radical (unpaired) electrons. The number of amides is 1. The number of halogens is 5. The molecule has 0 fully saturated rings. The van der Waals surface area contributed by atoms with Gasteiger partial charge in [-0.2, -0.15) is 13.2 Å². The van der Waals surface area contributed by atoms with Crippen molar-refractivity contribution in [3.05, 3.63) is 35.1 Å². The van der Waals surface area contributed by atoms with Crippen molar-refractivity contribution in [2.45, 2.75) is 26.1 Å². The number of carbonyl (C=O) groups excluding carboxylic acids is 1. The van der Waals surface area contributed by atoms with Crippen molar-refractivity contribution in [3.8, 4) is 0 Å².